The average molecular weight is 1050 g/mol. The van der Waals surface area contributed by atoms with Crippen molar-refractivity contribution in [1.82, 2.24) is 0 Å². The second-order valence-corrected chi connectivity index (χ2v) is 23.1. The molecule has 16 aromatic carbocycles. The molecule has 0 heterocycles. The molecule has 0 N–H and O–H groups in total. The average Bonchev–Trinajstić information content (AvgIpc) is 3.50. The Balaban J connectivity index is 0.667. The maximum Gasteiger partial charge on any atom is 0.0146 e. The predicted octanol–water partition coefficient (Wildman–Crippen LogP) is 23.2. The van der Waals surface area contributed by atoms with Crippen molar-refractivity contribution in [2.45, 2.75) is 19.3 Å². The minimum absolute atomic E-state index is 0.195. The lowest BCUT2D eigenvalue weighted by Crippen LogP contribution is -2.18. The molecule has 388 valence electrons. The maximum atomic E-state index is 2.38. The van der Waals surface area contributed by atoms with E-state index in [-0.39, 0.29) is 5.41 Å². The summed E-state index contributed by atoms with van der Waals surface area (Å²) < 4.78 is 0. The zero-order chi connectivity index (χ0) is 55.2. The molecule has 0 radical (unpaired) electrons. The zero-order valence-corrected chi connectivity index (χ0v) is 46.4. The van der Waals surface area contributed by atoms with Crippen LogP contribution in [0.2, 0.25) is 0 Å². The van der Waals surface area contributed by atoms with Crippen LogP contribution in [0, 0.1) is 0 Å². The topological polar surface area (TPSA) is 0 Å². The molecule has 0 saturated carbocycles. The molecule has 0 amide bonds. The van der Waals surface area contributed by atoms with Gasteiger partial charge in [0, 0.05) is 5.41 Å². The van der Waals surface area contributed by atoms with Gasteiger partial charge in [-0.15, -0.1) is 0 Å². The van der Waals surface area contributed by atoms with Gasteiger partial charge in [0.15, 0.2) is 0 Å². The van der Waals surface area contributed by atoms with Gasteiger partial charge >= 0.3 is 0 Å². The summed E-state index contributed by atoms with van der Waals surface area (Å²) in [6, 6.07) is 113. The Morgan fingerprint density at radius 1 is 0.181 bits per heavy atom. The smallest absolute Gasteiger partial charge is 0.0146 e. The Bertz CT molecular complexity index is 4810. The highest BCUT2D eigenvalue weighted by Gasteiger charge is 2.24. The summed E-state index contributed by atoms with van der Waals surface area (Å²) in [6.45, 7) is 4.68. The first kappa shape index (κ1) is 48.5. The Hall–Kier alpha value is -10.4. The van der Waals surface area contributed by atoms with E-state index in [1.165, 1.54) is 164 Å². The first-order valence-corrected chi connectivity index (χ1v) is 29.0. The van der Waals surface area contributed by atoms with Gasteiger partial charge in [-0.25, -0.2) is 0 Å². The molecule has 0 spiro atoms. The molecule has 0 saturated heterocycles. The molecular weight excluding hydrogens is 997 g/mol. The van der Waals surface area contributed by atoms with Gasteiger partial charge in [0.1, 0.15) is 0 Å². The third-order valence-electron chi connectivity index (χ3n) is 18.1. The van der Waals surface area contributed by atoms with Crippen LogP contribution in [0.15, 0.2) is 303 Å². The number of fused-ring (bicyclic) bond motifs is 8. The quantitative estimate of drug-likeness (QED) is 0.133. The van der Waals surface area contributed by atoms with Crippen molar-refractivity contribution in [1.29, 1.82) is 0 Å². The first-order valence-electron chi connectivity index (χ1n) is 29.0. The molecule has 0 unspecified atom stereocenters. The minimum atomic E-state index is -0.195. The molecule has 0 fully saturated rings. The summed E-state index contributed by atoms with van der Waals surface area (Å²) in [5.74, 6) is 0. The summed E-state index contributed by atoms with van der Waals surface area (Å²) in [5.41, 5.74) is 17.4. The molecule has 0 aliphatic rings. The Labute approximate surface area is 483 Å². The Morgan fingerprint density at radius 3 is 0.771 bits per heavy atom. The lowest BCUT2D eigenvalue weighted by molar-refractivity contribution is 0.641. The van der Waals surface area contributed by atoms with Crippen molar-refractivity contribution in [3.63, 3.8) is 0 Å². The fourth-order valence-corrected chi connectivity index (χ4v) is 13.8. The molecule has 0 aromatic heterocycles. The van der Waals surface area contributed by atoms with E-state index in [9.17, 15) is 0 Å². The number of hydrogen-bond donors (Lipinski definition) is 0. The fraction of sp³-hybridized carbons (Fsp3) is 0.0361. The van der Waals surface area contributed by atoms with Crippen molar-refractivity contribution in [2.75, 3.05) is 0 Å². The van der Waals surface area contributed by atoms with E-state index >= 15 is 0 Å². The molecule has 16 aromatic rings. The van der Waals surface area contributed by atoms with Gasteiger partial charge in [-0.2, -0.15) is 0 Å². The molecule has 0 nitrogen and oxygen atoms in total. The maximum absolute atomic E-state index is 2.38. The standard InChI is InChI=1S/C83H56/c1-83(2,65-45-41-53(42-46-65)57-33-35-61-51-63(39-37-59(61)49-57)79-71-23-7-11-27-75(71)81(76-28-12-8-24-72(76)79)69-31-15-19-55-17-3-5-21-67(55)69)66-47-43-54(44-48-66)58-34-36-62-52-64(40-38-60(62)50-58)80-73-25-9-13-29-77(73)82(78-30-14-10-26-74(78)80)70-32-16-20-56-18-4-6-22-68(56)70/h3-52H,1-2H3. The van der Waals surface area contributed by atoms with E-state index in [1.807, 2.05) is 0 Å². The van der Waals surface area contributed by atoms with E-state index in [4.69, 9.17) is 0 Å². The lowest BCUT2D eigenvalue weighted by Gasteiger charge is -2.26. The van der Waals surface area contributed by atoms with Gasteiger partial charge in [0.05, 0.1) is 0 Å². The van der Waals surface area contributed by atoms with Crippen LogP contribution in [0.5, 0.6) is 0 Å². The molecule has 0 heteroatoms. The first-order chi connectivity index (χ1) is 40.9. The molecule has 16 rings (SSSR count). The van der Waals surface area contributed by atoms with Crippen molar-refractivity contribution < 1.29 is 0 Å². The van der Waals surface area contributed by atoms with Crippen LogP contribution in [0.1, 0.15) is 25.0 Å². The van der Waals surface area contributed by atoms with Gasteiger partial charge < -0.3 is 0 Å². The van der Waals surface area contributed by atoms with Gasteiger partial charge in [-0.1, -0.05) is 293 Å². The second-order valence-electron chi connectivity index (χ2n) is 23.1. The number of rotatable bonds is 8. The van der Waals surface area contributed by atoms with Gasteiger partial charge in [-0.3, -0.25) is 0 Å². The molecule has 0 aliphatic heterocycles. The third kappa shape index (κ3) is 8.05. The molecular formula is C83H56. The zero-order valence-electron chi connectivity index (χ0n) is 46.4. The largest absolute Gasteiger partial charge is 0.0616 e. The minimum Gasteiger partial charge on any atom is -0.0616 e. The van der Waals surface area contributed by atoms with E-state index in [0.717, 1.165) is 0 Å². The van der Waals surface area contributed by atoms with Crippen LogP contribution in [-0.2, 0) is 5.41 Å². The van der Waals surface area contributed by atoms with E-state index in [1.54, 1.807) is 0 Å². The molecule has 83 heavy (non-hydrogen) atoms. The van der Waals surface area contributed by atoms with Crippen molar-refractivity contribution in [2.24, 2.45) is 0 Å². The third-order valence-corrected chi connectivity index (χ3v) is 18.1. The van der Waals surface area contributed by atoms with Gasteiger partial charge in [0.25, 0.3) is 0 Å². The summed E-state index contributed by atoms with van der Waals surface area (Å²) in [7, 11) is 0. The molecule has 0 bridgehead atoms. The summed E-state index contributed by atoms with van der Waals surface area (Å²) in [4.78, 5) is 0. The van der Waals surface area contributed by atoms with Gasteiger partial charge in [-0.05, 0) is 188 Å². The van der Waals surface area contributed by atoms with Crippen LogP contribution in [-0.4, -0.2) is 0 Å². The van der Waals surface area contributed by atoms with Crippen LogP contribution >= 0.6 is 0 Å². The highest BCUT2D eigenvalue weighted by molar-refractivity contribution is 6.25. The molecule has 0 aliphatic carbocycles. The fourth-order valence-electron chi connectivity index (χ4n) is 13.8. The van der Waals surface area contributed by atoms with Crippen LogP contribution in [0.4, 0.5) is 0 Å². The summed E-state index contributed by atoms with van der Waals surface area (Å²) >= 11 is 0. The lowest BCUT2D eigenvalue weighted by atomic mass is 9.77. The monoisotopic (exact) mass is 1050 g/mol. The van der Waals surface area contributed by atoms with Crippen LogP contribution < -0.4 is 0 Å². The van der Waals surface area contributed by atoms with E-state index in [0.29, 0.717) is 0 Å². The predicted molar refractivity (Wildman–Crippen MR) is 358 cm³/mol. The van der Waals surface area contributed by atoms with E-state index < -0.39 is 0 Å². The van der Waals surface area contributed by atoms with Crippen molar-refractivity contribution >= 4 is 86.2 Å². The normalized spacial score (nSPS) is 12.0. The second kappa shape index (κ2) is 19.4. The highest BCUT2D eigenvalue weighted by atomic mass is 14.3. The Kier molecular flexibility index (Phi) is 11.3. The highest BCUT2D eigenvalue weighted by Crippen LogP contribution is 2.48. The SMILES string of the molecule is CC(C)(c1ccc(-c2ccc3cc(-c4c5ccccc5c(-c5cccc6ccccc56)c5ccccc45)ccc3c2)cc1)c1ccc(-c2ccc3cc(-c4c5ccccc5c(-c5cccc6ccccc56)c5ccccc45)ccc3c2)cc1. The summed E-state index contributed by atoms with van der Waals surface area (Å²) in [6.07, 6.45) is 0. The van der Waals surface area contributed by atoms with Gasteiger partial charge in [0.2, 0.25) is 0 Å². The van der Waals surface area contributed by atoms with E-state index in [2.05, 4.69) is 317 Å². The molecule has 0 atom stereocenters. The number of benzene rings is 16. The van der Waals surface area contributed by atoms with Crippen molar-refractivity contribution in [3.05, 3.63) is 314 Å². The number of hydrogen-bond acceptors (Lipinski definition) is 0. The summed E-state index contributed by atoms with van der Waals surface area (Å²) in [5, 5.41) is 20.1. The van der Waals surface area contributed by atoms with Crippen LogP contribution in [0.25, 0.3) is 153 Å². The Morgan fingerprint density at radius 2 is 0.434 bits per heavy atom. The van der Waals surface area contributed by atoms with Crippen LogP contribution in [0.3, 0.4) is 0 Å². The van der Waals surface area contributed by atoms with Crippen molar-refractivity contribution in [3.8, 4) is 66.8 Å².